The summed E-state index contributed by atoms with van der Waals surface area (Å²) < 4.78 is 0. The topological polar surface area (TPSA) is 32.3 Å². The molecule has 104 valence electrons. The lowest BCUT2D eigenvalue weighted by Crippen LogP contribution is -2.36. The molecule has 0 saturated carbocycles. The molecule has 0 aromatic heterocycles. The van der Waals surface area contributed by atoms with E-state index in [1.165, 1.54) is 44.9 Å². The first-order valence-corrected chi connectivity index (χ1v) is 8.51. The first-order valence-electron chi connectivity index (χ1n) is 7.46. The van der Waals surface area contributed by atoms with Crippen molar-refractivity contribution in [2.45, 2.75) is 50.2 Å². The molecule has 2 fully saturated rings. The van der Waals surface area contributed by atoms with Crippen molar-refractivity contribution in [3.63, 3.8) is 0 Å². The Balaban J connectivity index is 1.68. The zero-order chi connectivity index (χ0) is 12.6. The molecule has 0 aromatic carbocycles. The van der Waals surface area contributed by atoms with Crippen LogP contribution in [0.3, 0.4) is 0 Å². The average molecular weight is 270 g/mol. The molecule has 2 aliphatic heterocycles. The molecule has 2 aliphatic rings. The van der Waals surface area contributed by atoms with Crippen LogP contribution < -0.4 is 5.32 Å². The molecule has 4 heteroatoms. The van der Waals surface area contributed by atoms with Gasteiger partial charge >= 0.3 is 0 Å². The van der Waals surface area contributed by atoms with Gasteiger partial charge in [-0.1, -0.05) is 19.3 Å². The molecule has 0 radical (unpaired) electrons. The van der Waals surface area contributed by atoms with Crippen LogP contribution in [0.15, 0.2) is 0 Å². The van der Waals surface area contributed by atoms with E-state index < -0.39 is 0 Å². The number of hydrogen-bond donors (Lipinski definition) is 1. The number of piperidine rings is 1. The highest BCUT2D eigenvalue weighted by molar-refractivity contribution is 8.00. The van der Waals surface area contributed by atoms with Gasteiger partial charge < -0.3 is 10.2 Å². The largest absolute Gasteiger partial charge is 0.342 e. The van der Waals surface area contributed by atoms with Crippen molar-refractivity contribution in [3.05, 3.63) is 0 Å². The van der Waals surface area contributed by atoms with Gasteiger partial charge in [-0.3, -0.25) is 4.79 Å². The van der Waals surface area contributed by atoms with E-state index in [-0.39, 0.29) is 0 Å². The highest BCUT2D eigenvalue weighted by atomic mass is 32.2. The molecular weight excluding hydrogens is 244 g/mol. The summed E-state index contributed by atoms with van der Waals surface area (Å²) in [6, 6.07) is 0. The molecule has 0 atom stereocenters. The van der Waals surface area contributed by atoms with Crippen LogP contribution in [-0.4, -0.2) is 48.0 Å². The molecule has 2 saturated heterocycles. The quantitative estimate of drug-likeness (QED) is 0.854. The maximum atomic E-state index is 12.2. The summed E-state index contributed by atoms with van der Waals surface area (Å²) in [5.41, 5.74) is 0. The van der Waals surface area contributed by atoms with Gasteiger partial charge in [0.25, 0.3) is 0 Å². The first-order chi connectivity index (χ1) is 8.86. The van der Waals surface area contributed by atoms with Gasteiger partial charge in [0.1, 0.15) is 0 Å². The number of amides is 1. The predicted molar refractivity (Wildman–Crippen MR) is 78.0 cm³/mol. The van der Waals surface area contributed by atoms with E-state index in [1.807, 2.05) is 11.8 Å². The fraction of sp³-hybridized carbons (Fsp3) is 0.929. The second-order valence-electron chi connectivity index (χ2n) is 5.41. The van der Waals surface area contributed by atoms with Crippen molar-refractivity contribution in [3.8, 4) is 0 Å². The average Bonchev–Trinajstić information content (AvgIpc) is 2.37. The Kier molecular flexibility index (Phi) is 6.35. The minimum Gasteiger partial charge on any atom is -0.342 e. The third-order valence-corrected chi connectivity index (χ3v) is 5.29. The molecule has 0 aromatic rings. The molecule has 1 amide bonds. The zero-order valence-electron chi connectivity index (χ0n) is 11.3. The summed E-state index contributed by atoms with van der Waals surface area (Å²) in [5.74, 6) is 1.07. The van der Waals surface area contributed by atoms with Crippen molar-refractivity contribution in [2.75, 3.05) is 31.9 Å². The van der Waals surface area contributed by atoms with Gasteiger partial charge in [0.2, 0.25) is 5.91 Å². The molecule has 3 nitrogen and oxygen atoms in total. The fourth-order valence-corrected chi connectivity index (χ4v) is 3.87. The number of nitrogens with one attached hydrogen (secondary N) is 1. The van der Waals surface area contributed by atoms with Gasteiger partial charge in [0, 0.05) is 18.3 Å². The zero-order valence-corrected chi connectivity index (χ0v) is 12.1. The Morgan fingerprint density at radius 2 is 1.67 bits per heavy atom. The molecule has 0 bridgehead atoms. The van der Waals surface area contributed by atoms with Gasteiger partial charge in [0.05, 0.1) is 5.75 Å². The monoisotopic (exact) mass is 270 g/mol. The third-order valence-electron chi connectivity index (χ3n) is 3.94. The van der Waals surface area contributed by atoms with Crippen LogP contribution in [0, 0.1) is 0 Å². The maximum Gasteiger partial charge on any atom is 0.232 e. The second kappa shape index (κ2) is 8.05. The van der Waals surface area contributed by atoms with Crippen LogP contribution in [-0.2, 0) is 4.79 Å². The lowest BCUT2D eigenvalue weighted by molar-refractivity contribution is -0.128. The number of likely N-dealkylation sites (tertiary alicyclic amines) is 1. The van der Waals surface area contributed by atoms with Crippen molar-refractivity contribution in [1.82, 2.24) is 10.2 Å². The molecule has 18 heavy (non-hydrogen) atoms. The molecule has 2 heterocycles. The Morgan fingerprint density at radius 1 is 1.06 bits per heavy atom. The number of rotatable bonds is 3. The van der Waals surface area contributed by atoms with Gasteiger partial charge in [-0.2, -0.15) is 0 Å². The standard InChI is InChI=1S/C14H26N2OS/c17-14(12-18-13-6-8-15-9-7-13)16-10-4-2-1-3-5-11-16/h13,15H,1-12H2. The van der Waals surface area contributed by atoms with Crippen LogP contribution in [0.1, 0.15) is 44.9 Å². The van der Waals surface area contributed by atoms with Gasteiger partial charge in [-0.05, 0) is 38.8 Å². The fourth-order valence-electron chi connectivity index (χ4n) is 2.74. The van der Waals surface area contributed by atoms with Crippen LogP contribution in [0.5, 0.6) is 0 Å². The number of carbonyl (C=O) groups is 1. The van der Waals surface area contributed by atoms with E-state index in [0.717, 1.165) is 26.2 Å². The summed E-state index contributed by atoms with van der Waals surface area (Å²) in [4.78, 5) is 14.3. The van der Waals surface area contributed by atoms with Crippen molar-refractivity contribution < 1.29 is 4.79 Å². The number of thioether (sulfide) groups is 1. The van der Waals surface area contributed by atoms with Crippen LogP contribution in [0.4, 0.5) is 0 Å². The van der Waals surface area contributed by atoms with Gasteiger partial charge in [0.15, 0.2) is 0 Å². The first kappa shape index (κ1) is 14.2. The summed E-state index contributed by atoms with van der Waals surface area (Å²) in [7, 11) is 0. The summed E-state index contributed by atoms with van der Waals surface area (Å²) in [6.07, 6.45) is 8.78. The summed E-state index contributed by atoms with van der Waals surface area (Å²) in [6.45, 7) is 4.22. The van der Waals surface area contributed by atoms with Crippen LogP contribution >= 0.6 is 11.8 Å². The minimum atomic E-state index is 0.375. The Hall–Kier alpha value is -0.220. The molecule has 1 N–H and O–H groups in total. The number of nitrogens with zero attached hydrogens (tertiary/aromatic N) is 1. The Morgan fingerprint density at radius 3 is 2.33 bits per heavy atom. The summed E-state index contributed by atoms with van der Waals surface area (Å²) >= 11 is 1.88. The van der Waals surface area contributed by atoms with E-state index in [9.17, 15) is 4.79 Å². The molecule has 0 unspecified atom stereocenters. The van der Waals surface area contributed by atoms with E-state index >= 15 is 0 Å². The highest BCUT2D eigenvalue weighted by Gasteiger charge is 2.18. The van der Waals surface area contributed by atoms with Crippen LogP contribution in [0.2, 0.25) is 0 Å². The normalized spacial score (nSPS) is 23.4. The molecule has 0 spiro atoms. The van der Waals surface area contributed by atoms with Gasteiger partial charge in [-0.25, -0.2) is 0 Å². The maximum absolute atomic E-state index is 12.2. The molecule has 0 aliphatic carbocycles. The minimum absolute atomic E-state index is 0.375. The number of carbonyl (C=O) groups excluding carboxylic acids is 1. The molecular formula is C14H26N2OS. The predicted octanol–water partition coefficient (Wildman–Crippen LogP) is 2.26. The summed E-state index contributed by atoms with van der Waals surface area (Å²) in [5, 5.41) is 4.07. The Bertz CT molecular complexity index is 246. The SMILES string of the molecule is O=C(CSC1CCNCC1)N1CCCCCCC1. The second-order valence-corrected chi connectivity index (χ2v) is 6.70. The molecule has 2 rings (SSSR count). The lowest BCUT2D eigenvalue weighted by Gasteiger charge is -2.26. The smallest absolute Gasteiger partial charge is 0.232 e. The van der Waals surface area contributed by atoms with Crippen LogP contribution in [0.25, 0.3) is 0 Å². The van der Waals surface area contributed by atoms with E-state index in [1.54, 1.807) is 0 Å². The van der Waals surface area contributed by atoms with E-state index in [4.69, 9.17) is 0 Å². The van der Waals surface area contributed by atoms with Crippen molar-refractivity contribution >= 4 is 17.7 Å². The van der Waals surface area contributed by atoms with Crippen molar-refractivity contribution in [1.29, 1.82) is 0 Å². The van der Waals surface area contributed by atoms with Crippen molar-refractivity contribution in [2.24, 2.45) is 0 Å². The van der Waals surface area contributed by atoms with E-state index in [0.29, 0.717) is 16.9 Å². The highest BCUT2D eigenvalue weighted by Crippen LogP contribution is 2.21. The lowest BCUT2D eigenvalue weighted by atomic mass is 10.1. The van der Waals surface area contributed by atoms with Gasteiger partial charge in [-0.15, -0.1) is 11.8 Å². The Labute approximate surface area is 115 Å². The number of hydrogen-bond acceptors (Lipinski definition) is 3. The third kappa shape index (κ3) is 4.81. The van der Waals surface area contributed by atoms with E-state index in [2.05, 4.69) is 10.2 Å².